The molecule has 1 aromatic heterocycles. The summed E-state index contributed by atoms with van der Waals surface area (Å²) >= 11 is 7.70. The second-order valence-electron chi connectivity index (χ2n) is 10.9. The first-order valence-electron chi connectivity index (χ1n) is 15.0. The second-order valence-corrected chi connectivity index (χ2v) is 12.3. The van der Waals surface area contributed by atoms with E-state index >= 15 is 0 Å². The molecule has 8 heteroatoms. The van der Waals surface area contributed by atoms with E-state index in [1.54, 1.807) is 0 Å². The Morgan fingerprint density at radius 2 is 1.58 bits per heavy atom. The SMILES string of the molecule is CCOC(=O)C1CCN(C(=O)c2csc(CN(CCC(c3ccccc3)c3ccccc3)Cc3ccc(Cl)cc3)n2)CC1. The summed E-state index contributed by atoms with van der Waals surface area (Å²) in [7, 11) is 0. The number of likely N-dealkylation sites (tertiary alicyclic amines) is 1. The molecule has 1 aliphatic rings. The van der Waals surface area contributed by atoms with Crippen molar-refractivity contribution in [3.8, 4) is 0 Å². The molecule has 0 spiro atoms. The summed E-state index contributed by atoms with van der Waals surface area (Å²) in [5, 5.41) is 3.50. The van der Waals surface area contributed by atoms with Gasteiger partial charge in [0.1, 0.15) is 10.7 Å². The molecule has 0 unspecified atom stereocenters. The van der Waals surface area contributed by atoms with E-state index < -0.39 is 0 Å². The van der Waals surface area contributed by atoms with Crippen LogP contribution in [0.15, 0.2) is 90.3 Å². The number of rotatable bonds is 12. The van der Waals surface area contributed by atoms with Crippen LogP contribution in [0.2, 0.25) is 5.02 Å². The first-order valence-corrected chi connectivity index (χ1v) is 16.2. The van der Waals surface area contributed by atoms with Crippen LogP contribution < -0.4 is 0 Å². The average molecular weight is 616 g/mol. The summed E-state index contributed by atoms with van der Waals surface area (Å²) in [4.78, 5) is 34.4. The van der Waals surface area contributed by atoms with Crippen molar-refractivity contribution >= 4 is 34.8 Å². The van der Waals surface area contributed by atoms with Crippen LogP contribution in [0.25, 0.3) is 0 Å². The zero-order valence-electron chi connectivity index (χ0n) is 24.5. The molecule has 0 atom stereocenters. The first kappa shape index (κ1) is 30.9. The Morgan fingerprint density at radius 3 is 2.19 bits per heavy atom. The molecule has 5 rings (SSSR count). The minimum absolute atomic E-state index is 0.0673. The lowest BCUT2D eigenvalue weighted by Crippen LogP contribution is -2.40. The number of carbonyl (C=O) groups is 2. The quantitative estimate of drug-likeness (QED) is 0.155. The molecule has 43 heavy (non-hydrogen) atoms. The lowest BCUT2D eigenvalue weighted by molar-refractivity contribution is -0.149. The van der Waals surface area contributed by atoms with Crippen LogP contribution in [0, 0.1) is 5.92 Å². The summed E-state index contributed by atoms with van der Waals surface area (Å²) in [6.45, 7) is 5.52. The fraction of sp³-hybridized carbons (Fsp3) is 0.343. The van der Waals surface area contributed by atoms with Gasteiger partial charge in [0.15, 0.2) is 0 Å². The molecular weight excluding hydrogens is 578 g/mol. The molecule has 0 N–H and O–H groups in total. The van der Waals surface area contributed by atoms with E-state index in [1.165, 1.54) is 28.0 Å². The Labute approximate surface area is 263 Å². The van der Waals surface area contributed by atoms with Crippen molar-refractivity contribution in [1.29, 1.82) is 0 Å². The number of thiazole rings is 1. The Hall–Kier alpha value is -3.52. The van der Waals surface area contributed by atoms with Gasteiger partial charge in [-0.15, -0.1) is 11.3 Å². The van der Waals surface area contributed by atoms with E-state index in [0.717, 1.165) is 29.5 Å². The van der Waals surface area contributed by atoms with E-state index in [1.807, 2.05) is 29.3 Å². The van der Waals surface area contributed by atoms with Gasteiger partial charge in [-0.1, -0.05) is 84.4 Å². The zero-order chi connectivity index (χ0) is 30.0. The third-order valence-electron chi connectivity index (χ3n) is 7.99. The predicted molar refractivity (Wildman–Crippen MR) is 172 cm³/mol. The van der Waals surface area contributed by atoms with Crippen molar-refractivity contribution in [3.63, 3.8) is 0 Å². The summed E-state index contributed by atoms with van der Waals surface area (Å²) in [6.07, 6.45) is 2.19. The molecule has 0 radical (unpaired) electrons. The molecule has 1 aliphatic heterocycles. The van der Waals surface area contributed by atoms with E-state index in [0.29, 0.717) is 44.8 Å². The Morgan fingerprint density at radius 1 is 0.953 bits per heavy atom. The maximum atomic E-state index is 13.3. The van der Waals surface area contributed by atoms with Gasteiger partial charge in [0, 0.05) is 36.0 Å². The van der Waals surface area contributed by atoms with Gasteiger partial charge in [-0.3, -0.25) is 14.5 Å². The van der Waals surface area contributed by atoms with Gasteiger partial charge < -0.3 is 9.64 Å². The van der Waals surface area contributed by atoms with Gasteiger partial charge in [0.2, 0.25) is 0 Å². The first-order chi connectivity index (χ1) is 21.0. The molecule has 0 saturated carbocycles. The van der Waals surface area contributed by atoms with Crippen LogP contribution in [0.1, 0.15) is 64.3 Å². The highest BCUT2D eigenvalue weighted by Crippen LogP contribution is 2.29. The van der Waals surface area contributed by atoms with Crippen LogP contribution in [-0.4, -0.2) is 52.9 Å². The molecular formula is C35H38ClN3O3S. The van der Waals surface area contributed by atoms with Crippen LogP contribution >= 0.6 is 22.9 Å². The molecule has 4 aromatic rings. The van der Waals surface area contributed by atoms with E-state index in [9.17, 15) is 9.59 Å². The number of hydrogen-bond acceptors (Lipinski definition) is 6. The Balaban J connectivity index is 1.28. The van der Waals surface area contributed by atoms with Crippen LogP contribution in [0.3, 0.4) is 0 Å². The van der Waals surface area contributed by atoms with Crippen molar-refractivity contribution in [2.45, 2.75) is 45.2 Å². The fourth-order valence-corrected chi connectivity index (χ4v) is 6.62. The molecule has 1 saturated heterocycles. The third-order valence-corrected chi connectivity index (χ3v) is 9.07. The van der Waals surface area contributed by atoms with Crippen molar-refractivity contribution in [2.24, 2.45) is 5.92 Å². The van der Waals surface area contributed by atoms with Crippen molar-refractivity contribution in [3.05, 3.63) is 123 Å². The van der Waals surface area contributed by atoms with Crippen molar-refractivity contribution in [1.82, 2.24) is 14.8 Å². The van der Waals surface area contributed by atoms with Crippen LogP contribution in [-0.2, 0) is 22.6 Å². The van der Waals surface area contributed by atoms with Gasteiger partial charge in [-0.25, -0.2) is 4.98 Å². The van der Waals surface area contributed by atoms with Gasteiger partial charge in [0.05, 0.1) is 19.1 Å². The average Bonchev–Trinajstić information content (AvgIpc) is 3.51. The highest BCUT2D eigenvalue weighted by molar-refractivity contribution is 7.09. The molecule has 6 nitrogen and oxygen atoms in total. The molecule has 2 heterocycles. The van der Waals surface area contributed by atoms with Gasteiger partial charge in [0.25, 0.3) is 5.91 Å². The molecule has 0 aliphatic carbocycles. The number of nitrogens with zero attached hydrogens (tertiary/aromatic N) is 3. The maximum absolute atomic E-state index is 13.3. The van der Waals surface area contributed by atoms with E-state index in [-0.39, 0.29) is 23.7 Å². The Kier molecular flexibility index (Phi) is 11.0. The number of halogens is 1. The number of benzene rings is 3. The smallest absolute Gasteiger partial charge is 0.309 e. The largest absolute Gasteiger partial charge is 0.466 e. The van der Waals surface area contributed by atoms with Crippen LogP contribution in [0.4, 0.5) is 0 Å². The number of piperidine rings is 1. The second kappa shape index (κ2) is 15.3. The van der Waals surface area contributed by atoms with Crippen molar-refractivity contribution in [2.75, 3.05) is 26.2 Å². The molecule has 1 fully saturated rings. The number of carbonyl (C=O) groups excluding carboxylic acids is 2. The summed E-state index contributed by atoms with van der Waals surface area (Å²) < 4.78 is 5.17. The Bertz CT molecular complexity index is 1420. The zero-order valence-corrected chi connectivity index (χ0v) is 26.1. The topological polar surface area (TPSA) is 62.7 Å². The predicted octanol–water partition coefficient (Wildman–Crippen LogP) is 7.44. The van der Waals surface area contributed by atoms with Crippen LogP contribution in [0.5, 0.6) is 0 Å². The monoisotopic (exact) mass is 615 g/mol. The highest BCUT2D eigenvalue weighted by atomic mass is 35.5. The van der Waals surface area contributed by atoms with Gasteiger partial charge >= 0.3 is 5.97 Å². The number of esters is 1. The molecule has 1 amide bonds. The van der Waals surface area contributed by atoms with Gasteiger partial charge in [-0.2, -0.15) is 0 Å². The van der Waals surface area contributed by atoms with Gasteiger partial charge in [-0.05, 0) is 61.6 Å². The standard InChI is InChI=1S/C35H38ClN3O3S/c1-2-42-35(41)29-17-21-39(22-18-29)34(40)32-25-43-33(37-32)24-38(23-26-13-15-30(36)16-14-26)20-19-31(27-9-5-3-6-10-27)28-11-7-4-8-12-28/h3-16,25,29,31H,2,17-24H2,1H3. The maximum Gasteiger partial charge on any atom is 0.309 e. The molecule has 0 bridgehead atoms. The number of ether oxygens (including phenoxy) is 1. The number of aromatic nitrogens is 1. The fourth-order valence-electron chi connectivity index (χ4n) is 5.68. The normalized spacial score (nSPS) is 13.9. The number of hydrogen-bond donors (Lipinski definition) is 0. The number of amides is 1. The molecule has 3 aromatic carbocycles. The summed E-state index contributed by atoms with van der Waals surface area (Å²) in [5.74, 6) is -0.0940. The lowest BCUT2D eigenvalue weighted by atomic mass is 9.88. The van der Waals surface area contributed by atoms with Crippen molar-refractivity contribution < 1.29 is 14.3 Å². The highest BCUT2D eigenvalue weighted by Gasteiger charge is 2.29. The summed E-state index contributed by atoms with van der Waals surface area (Å²) in [6, 6.07) is 29.3. The summed E-state index contributed by atoms with van der Waals surface area (Å²) in [5.41, 5.74) is 4.26. The van der Waals surface area contributed by atoms with E-state index in [2.05, 4.69) is 77.7 Å². The lowest BCUT2D eigenvalue weighted by Gasteiger charge is -2.30. The third kappa shape index (κ3) is 8.53. The minimum atomic E-state index is -0.159. The molecule has 224 valence electrons. The van der Waals surface area contributed by atoms with E-state index in [4.69, 9.17) is 21.3 Å². The minimum Gasteiger partial charge on any atom is -0.466 e.